The number of H-pyrrole nitrogens is 1. The van der Waals surface area contributed by atoms with E-state index in [1.54, 1.807) is 16.8 Å². The topological polar surface area (TPSA) is 99.2 Å². The number of hydrogen-bond donors (Lipinski definition) is 2. The van der Waals surface area contributed by atoms with E-state index in [2.05, 4.69) is 32.2 Å². The summed E-state index contributed by atoms with van der Waals surface area (Å²) >= 11 is 19.1. The molecule has 12 heteroatoms. The highest BCUT2D eigenvalue weighted by Crippen LogP contribution is 2.36. The quantitative estimate of drug-likeness (QED) is 0.312. The second-order valence-corrected chi connectivity index (χ2v) is 11.6. The molecular formula is C28H30Cl3N7O2. The van der Waals surface area contributed by atoms with Gasteiger partial charge in [0, 0.05) is 43.3 Å². The van der Waals surface area contributed by atoms with E-state index in [1.165, 1.54) is 0 Å². The molecule has 3 aliphatic rings. The van der Waals surface area contributed by atoms with Crippen LogP contribution in [-0.2, 0) is 11.2 Å². The Hall–Kier alpha value is -2.95. The van der Waals surface area contributed by atoms with E-state index in [0.29, 0.717) is 62.3 Å². The minimum absolute atomic E-state index is 0.00485. The molecular weight excluding hydrogens is 573 g/mol. The van der Waals surface area contributed by atoms with Gasteiger partial charge in [-0.3, -0.25) is 19.6 Å². The molecule has 0 spiro atoms. The highest BCUT2D eigenvalue weighted by atomic mass is 35.5. The third-order valence-corrected chi connectivity index (χ3v) is 7.76. The van der Waals surface area contributed by atoms with Crippen LogP contribution in [0.15, 0.2) is 41.2 Å². The smallest absolute Gasteiger partial charge is 0.284 e. The second-order valence-electron chi connectivity index (χ2n) is 10.4. The van der Waals surface area contributed by atoms with Crippen LogP contribution in [0.2, 0.25) is 15.1 Å². The first-order valence-electron chi connectivity index (χ1n) is 13.0. The molecule has 0 bridgehead atoms. The van der Waals surface area contributed by atoms with E-state index >= 15 is 0 Å². The van der Waals surface area contributed by atoms with Crippen LogP contribution in [-0.4, -0.2) is 75.2 Å². The lowest BCUT2D eigenvalue weighted by atomic mass is 10.1. The van der Waals surface area contributed by atoms with Crippen LogP contribution in [0, 0.1) is 0 Å². The number of piperazine rings is 1. The molecule has 0 atom stereocenters. The Kier molecular flexibility index (Phi) is 8.49. The number of rotatable bonds is 7. The Bertz CT molecular complexity index is 1530. The van der Waals surface area contributed by atoms with Crippen molar-refractivity contribution in [1.29, 1.82) is 0 Å². The summed E-state index contributed by atoms with van der Waals surface area (Å²) in [6.07, 6.45) is 0.324. The molecule has 0 saturated carbocycles. The van der Waals surface area contributed by atoms with Gasteiger partial charge in [0.15, 0.2) is 5.82 Å². The van der Waals surface area contributed by atoms with Gasteiger partial charge in [0.2, 0.25) is 5.91 Å². The average molecular weight is 603 g/mol. The molecule has 0 aromatic heterocycles. The molecule has 9 nitrogen and oxygen atoms in total. The maximum Gasteiger partial charge on any atom is 0.284 e. The molecule has 210 valence electrons. The third-order valence-electron chi connectivity index (χ3n) is 6.96. The van der Waals surface area contributed by atoms with Crippen molar-refractivity contribution in [2.45, 2.75) is 26.2 Å². The zero-order valence-electron chi connectivity index (χ0n) is 22.5. The summed E-state index contributed by atoms with van der Waals surface area (Å²) in [6.45, 7) is 7.99. The van der Waals surface area contributed by atoms with Gasteiger partial charge in [-0.1, -0.05) is 60.8 Å². The van der Waals surface area contributed by atoms with Gasteiger partial charge in [-0.2, -0.15) is 4.98 Å². The number of aromatic amines is 1. The van der Waals surface area contributed by atoms with Crippen molar-refractivity contribution in [2.24, 2.45) is 0 Å². The lowest BCUT2D eigenvalue weighted by molar-refractivity contribution is -0.117. The van der Waals surface area contributed by atoms with Gasteiger partial charge in [0.05, 0.1) is 22.3 Å². The molecule has 3 aliphatic heterocycles. The van der Waals surface area contributed by atoms with Crippen LogP contribution >= 0.6 is 34.8 Å². The van der Waals surface area contributed by atoms with Gasteiger partial charge in [-0.05, 0) is 42.8 Å². The molecule has 0 radical (unpaired) electrons. The van der Waals surface area contributed by atoms with E-state index < -0.39 is 0 Å². The molecule has 2 aromatic rings. The molecule has 3 heterocycles. The van der Waals surface area contributed by atoms with E-state index in [4.69, 9.17) is 39.8 Å². The van der Waals surface area contributed by atoms with E-state index in [9.17, 15) is 9.59 Å². The number of anilines is 1. The van der Waals surface area contributed by atoms with Crippen LogP contribution in [0.5, 0.6) is 0 Å². The fourth-order valence-electron chi connectivity index (χ4n) is 4.80. The van der Waals surface area contributed by atoms with Crippen molar-refractivity contribution >= 4 is 46.4 Å². The Morgan fingerprint density at radius 2 is 1.68 bits per heavy atom. The zero-order valence-corrected chi connectivity index (χ0v) is 24.7. The highest BCUT2D eigenvalue weighted by molar-refractivity contribution is 6.40. The number of nitrogens with one attached hydrogen (secondary N) is 2. The molecule has 2 aromatic carbocycles. The van der Waals surface area contributed by atoms with Crippen LogP contribution in [0.4, 0.5) is 5.69 Å². The molecule has 2 N–H and O–H groups in total. The van der Waals surface area contributed by atoms with Gasteiger partial charge in [-0.25, -0.2) is 9.67 Å². The van der Waals surface area contributed by atoms with Crippen LogP contribution in [0.25, 0.3) is 17.1 Å². The van der Waals surface area contributed by atoms with Crippen LogP contribution in [0.3, 0.4) is 0 Å². The SMILES string of the molecule is CC(C)c1[nH]n(-c2c(Cl)cc(Cl)cc2Cl)c2nc(Cc3ccc(NC(=O)CN4CCN(C)CC4)cc3)nc(=O)c1-2. The number of nitrogens with zero attached hydrogens (tertiary/aromatic N) is 5. The number of benzene rings is 2. The summed E-state index contributed by atoms with van der Waals surface area (Å²) in [7, 11) is 2.09. The Morgan fingerprint density at radius 1 is 1.02 bits per heavy atom. The van der Waals surface area contributed by atoms with Gasteiger partial charge in [0.1, 0.15) is 17.1 Å². The number of aromatic nitrogens is 4. The van der Waals surface area contributed by atoms with Crippen LogP contribution < -0.4 is 10.9 Å². The average Bonchev–Trinajstić information content (AvgIpc) is 3.26. The van der Waals surface area contributed by atoms with E-state index in [1.807, 2.05) is 38.1 Å². The number of likely N-dealkylation sites (N-methyl/N-ethyl adjacent to an activating group) is 1. The molecule has 0 unspecified atom stereocenters. The molecule has 40 heavy (non-hydrogen) atoms. The Labute approximate surface area is 247 Å². The van der Waals surface area contributed by atoms with Crippen molar-refractivity contribution in [3.63, 3.8) is 0 Å². The van der Waals surface area contributed by atoms with E-state index in [0.717, 1.165) is 31.7 Å². The fourth-order valence-corrected chi connectivity index (χ4v) is 5.79. The van der Waals surface area contributed by atoms with Crippen molar-refractivity contribution in [1.82, 2.24) is 29.5 Å². The lowest BCUT2D eigenvalue weighted by Crippen LogP contribution is -2.47. The van der Waals surface area contributed by atoms with Crippen LogP contribution in [0.1, 0.15) is 36.8 Å². The van der Waals surface area contributed by atoms with Gasteiger partial charge < -0.3 is 10.2 Å². The number of amides is 1. The second kappa shape index (κ2) is 11.9. The van der Waals surface area contributed by atoms with Gasteiger partial charge in [-0.15, -0.1) is 0 Å². The molecule has 5 rings (SSSR count). The lowest BCUT2D eigenvalue weighted by Gasteiger charge is -2.31. The van der Waals surface area contributed by atoms with Crippen molar-refractivity contribution < 1.29 is 4.79 Å². The minimum Gasteiger partial charge on any atom is -0.325 e. The summed E-state index contributed by atoms with van der Waals surface area (Å²) in [4.78, 5) is 39.2. The first-order valence-corrected chi connectivity index (χ1v) is 14.2. The summed E-state index contributed by atoms with van der Waals surface area (Å²) in [6, 6.07) is 10.6. The third kappa shape index (κ3) is 6.19. The van der Waals surface area contributed by atoms with Gasteiger partial charge >= 0.3 is 0 Å². The van der Waals surface area contributed by atoms with Crippen molar-refractivity contribution in [3.8, 4) is 17.1 Å². The summed E-state index contributed by atoms with van der Waals surface area (Å²) in [5, 5.41) is 7.25. The summed E-state index contributed by atoms with van der Waals surface area (Å²) < 4.78 is 1.62. The molecule has 1 fully saturated rings. The number of carbonyl (C=O) groups excluding carboxylic acids is 1. The molecule has 1 saturated heterocycles. The monoisotopic (exact) mass is 601 g/mol. The van der Waals surface area contributed by atoms with Crippen molar-refractivity contribution in [2.75, 3.05) is 45.1 Å². The number of carbonyl (C=O) groups is 1. The summed E-state index contributed by atoms with van der Waals surface area (Å²) in [5.74, 6) is 0.695. The largest absolute Gasteiger partial charge is 0.325 e. The summed E-state index contributed by atoms with van der Waals surface area (Å²) in [5.41, 5.74) is 2.74. The standard InChI is InChI=1S/C28H30Cl3N7O2/c1-16(2)25-24-27(38(35-25)26-20(30)13-18(29)14-21(26)31)33-22(34-28(24)40)12-17-4-6-19(7-5-17)32-23(39)15-37-10-8-36(3)9-11-37/h4-7,13-14,16,35H,8-12,15H2,1-3H3,(H,32,39). The normalized spacial score (nSPS) is 14.8. The van der Waals surface area contributed by atoms with E-state index in [-0.39, 0.29) is 17.4 Å². The maximum atomic E-state index is 13.2. The number of halogens is 3. The zero-order chi connectivity index (χ0) is 28.6. The predicted molar refractivity (Wildman–Crippen MR) is 160 cm³/mol. The van der Waals surface area contributed by atoms with Crippen molar-refractivity contribution in [3.05, 3.63) is 78.9 Å². The molecule has 1 amide bonds. The maximum absolute atomic E-state index is 13.2. The first kappa shape index (κ1) is 28.6. The van der Waals surface area contributed by atoms with Gasteiger partial charge in [0.25, 0.3) is 5.56 Å². The number of fused-ring (bicyclic) bond motifs is 1. The number of hydrogen-bond acceptors (Lipinski definition) is 6. The highest BCUT2D eigenvalue weighted by Gasteiger charge is 2.27. The Balaban J connectivity index is 1.38. The Morgan fingerprint density at radius 3 is 2.30 bits per heavy atom. The first-order chi connectivity index (χ1) is 19.1. The molecule has 0 aliphatic carbocycles. The minimum atomic E-state index is -0.382. The fraction of sp³-hybridized carbons (Fsp3) is 0.357. The predicted octanol–water partition coefficient (Wildman–Crippen LogP) is 4.92.